The zero-order valence-electron chi connectivity index (χ0n) is 10.1. The molecule has 1 amide bonds. The highest BCUT2D eigenvalue weighted by Gasteiger charge is 2.06. The van der Waals surface area contributed by atoms with Crippen molar-refractivity contribution in [2.45, 2.75) is 13.3 Å². The Morgan fingerprint density at radius 1 is 1.44 bits per heavy atom. The Morgan fingerprint density at radius 2 is 2.22 bits per heavy atom. The summed E-state index contributed by atoms with van der Waals surface area (Å²) in [6.07, 6.45) is 2.68. The van der Waals surface area contributed by atoms with Gasteiger partial charge in [0.2, 0.25) is 0 Å². The number of hydrogen-bond donors (Lipinski definition) is 3. The molecule has 0 atom stereocenters. The van der Waals surface area contributed by atoms with Crippen LogP contribution >= 0.6 is 0 Å². The van der Waals surface area contributed by atoms with Gasteiger partial charge in [0.15, 0.2) is 0 Å². The summed E-state index contributed by atoms with van der Waals surface area (Å²) in [6, 6.07) is 8.02. The molecule has 0 unspecified atom stereocenters. The lowest BCUT2D eigenvalue weighted by atomic mass is 10.1. The average Bonchev–Trinajstić information content (AvgIpc) is 2.81. The first-order valence-corrected chi connectivity index (χ1v) is 5.74. The van der Waals surface area contributed by atoms with Crippen molar-refractivity contribution in [1.29, 1.82) is 0 Å². The van der Waals surface area contributed by atoms with Gasteiger partial charge in [-0.1, -0.05) is 23.4 Å². The maximum absolute atomic E-state index is 11.4. The summed E-state index contributed by atoms with van der Waals surface area (Å²) >= 11 is 0. The van der Waals surface area contributed by atoms with Gasteiger partial charge in [-0.05, 0) is 25.0 Å². The van der Waals surface area contributed by atoms with Crippen LogP contribution < -0.4 is 5.32 Å². The average molecular weight is 245 g/mol. The van der Waals surface area contributed by atoms with Gasteiger partial charge in [-0.25, -0.2) is 0 Å². The summed E-state index contributed by atoms with van der Waals surface area (Å²) in [5.41, 5.74) is 2.31. The van der Waals surface area contributed by atoms with Gasteiger partial charge in [0.1, 0.15) is 5.71 Å². The van der Waals surface area contributed by atoms with E-state index in [0.29, 0.717) is 6.54 Å². The Kier molecular flexibility index (Phi) is 3.62. The van der Waals surface area contributed by atoms with Crippen molar-refractivity contribution in [3.63, 3.8) is 0 Å². The third-order valence-electron chi connectivity index (χ3n) is 2.83. The van der Waals surface area contributed by atoms with Crippen molar-refractivity contribution in [3.8, 4) is 0 Å². The highest BCUT2D eigenvalue weighted by Crippen LogP contribution is 2.17. The van der Waals surface area contributed by atoms with Crippen LogP contribution in [0.5, 0.6) is 0 Å². The molecule has 3 N–H and O–H groups in total. The van der Waals surface area contributed by atoms with Gasteiger partial charge in [-0.15, -0.1) is 0 Å². The summed E-state index contributed by atoms with van der Waals surface area (Å²) in [5.74, 6) is -0.350. The molecule has 0 saturated heterocycles. The van der Waals surface area contributed by atoms with Crippen LogP contribution in [0, 0.1) is 0 Å². The van der Waals surface area contributed by atoms with E-state index in [-0.39, 0.29) is 11.6 Å². The number of hydrogen-bond acceptors (Lipinski definition) is 3. The fourth-order valence-electron chi connectivity index (χ4n) is 1.82. The van der Waals surface area contributed by atoms with E-state index < -0.39 is 0 Å². The van der Waals surface area contributed by atoms with Crippen molar-refractivity contribution in [2.24, 2.45) is 5.16 Å². The molecule has 0 bridgehead atoms. The lowest BCUT2D eigenvalue weighted by molar-refractivity contribution is -0.114. The SMILES string of the molecule is C/C(=N\O)C(=O)NCCc1c[nH]c2ccccc12. The van der Waals surface area contributed by atoms with Gasteiger partial charge >= 0.3 is 0 Å². The monoisotopic (exact) mass is 245 g/mol. The maximum atomic E-state index is 11.4. The van der Waals surface area contributed by atoms with Crippen LogP contribution in [0.3, 0.4) is 0 Å². The topological polar surface area (TPSA) is 77.5 Å². The minimum absolute atomic E-state index is 0.0638. The summed E-state index contributed by atoms with van der Waals surface area (Å²) in [4.78, 5) is 14.5. The van der Waals surface area contributed by atoms with Crippen LogP contribution in [0.15, 0.2) is 35.6 Å². The van der Waals surface area contributed by atoms with E-state index in [4.69, 9.17) is 5.21 Å². The first-order valence-electron chi connectivity index (χ1n) is 5.74. The van der Waals surface area contributed by atoms with Crippen LogP contribution in [-0.2, 0) is 11.2 Å². The number of aromatic nitrogens is 1. The lowest BCUT2D eigenvalue weighted by Crippen LogP contribution is -2.31. The number of para-hydroxylation sites is 1. The van der Waals surface area contributed by atoms with Gasteiger partial charge in [-0.3, -0.25) is 4.79 Å². The van der Waals surface area contributed by atoms with Crippen molar-refractivity contribution >= 4 is 22.5 Å². The number of fused-ring (bicyclic) bond motifs is 1. The molecule has 0 fully saturated rings. The number of oxime groups is 1. The fraction of sp³-hybridized carbons (Fsp3) is 0.231. The normalized spacial score (nSPS) is 11.7. The number of nitrogens with one attached hydrogen (secondary N) is 2. The Hall–Kier alpha value is -2.30. The summed E-state index contributed by atoms with van der Waals surface area (Å²) in [5, 5.41) is 15.2. The van der Waals surface area contributed by atoms with Gasteiger partial charge in [0.05, 0.1) is 0 Å². The number of carbonyl (C=O) groups is 1. The predicted octanol–water partition coefficient (Wildman–Crippen LogP) is 1.68. The second-order valence-electron chi connectivity index (χ2n) is 4.05. The largest absolute Gasteiger partial charge is 0.410 e. The van der Waals surface area contributed by atoms with Crippen molar-refractivity contribution < 1.29 is 10.0 Å². The predicted molar refractivity (Wildman–Crippen MR) is 69.9 cm³/mol. The quantitative estimate of drug-likeness (QED) is 0.435. The van der Waals surface area contributed by atoms with E-state index in [1.54, 1.807) is 0 Å². The van der Waals surface area contributed by atoms with E-state index in [0.717, 1.165) is 17.5 Å². The van der Waals surface area contributed by atoms with E-state index in [2.05, 4.69) is 15.5 Å². The van der Waals surface area contributed by atoms with Crippen molar-refractivity contribution in [3.05, 3.63) is 36.0 Å². The van der Waals surface area contributed by atoms with Crippen molar-refractivity contribution in [2.75, 3.05) is 6.54 Å². The minimum Gasteiger partial charge on any atom is -0.410 e. The Bertz CT molecular complexity index is 587. The Balaban J connectivity index is 1.97. The second kappa shape index (κ2) is 5.35. The number of aromatic amines is 1. The molecule has 0 saturated carbocycles. The van der Waals surface area contributed by atoms with Crippen LogP contribution in [0.25, 0.3) is 10.9 Å². The van der Waals surface area contributed by atoms with Gasteiger partial charge < -0.3 is 15.5 Å². The molecule has 0 radical (unpaired) electrons. The molecule has 18 heavy (non-hydrogen) atoms. The molecule has 5 heteroatoms. The first kappa shape index (κ1) is 12.2. The molecule has 1 heterocycles. The standard InChI is InChI=1S/C13H15N3O2/c1-9(16-18)13(17)14-7-6-10-8-15-12-5-3-2-4-11(10)12/h2-5,8,15,18H,6-7H2,1H3,(H,14,17)/b16-9+. The number of nitrogens with zero attached hydrogens (tertiary/aromatic N) is 1. The molecule has 1 aromatic heterocycles. The molecular weight excluding hydrogens is 230 g/mol. The van der Waals surface area contributed by atoms with Crippen LogP contribution in [0.1, 0.15) is 12.5 Å². The third-order valence-corrected chi connectivity index (χ3v) is 2.83. The second-order valence-corrected chi connectivity index (χ2v) is 4.05. The number of H-pyrrole nitrogens is 1. The maximum Gasteiger partial charge on any atom is 0.268 e. The molecular formula is C13H15N3O2. The van der Waals surface area contributed by atoms with Crippen LogP contribution in [0.2, 0.25) is 0 Å². The summed E-state index contributed by atoms with van der Waals surface area (Å²) in [6.45, 7) is 1.97. The molecule has 0 aliphatic heterocycles. The van der Waals surface area contributed by atoms with Crippen LogP contribution in [0.4, 0.5) is 0 Å². The van der Waals surface area contributed by atoms with Gasteiger partial charge in [0.25, 0.3) is 5.91 Å². The smallest absolute Gasteiger partial charge is 0.268 e. The summed E-state index contributed by atoms with van der Waals surface area (Å²) in [7, 11) is 0. The molecule has 5 nitrogen and oxygen atoms in total. The number of rotatable bonds is 4. The molecule has 0 spiro atoms. The van der Waals surface area contributed by atoms with Gasteiger partial charge in [0, 0.05) is 23.6 Å². The van der Waals surface area contributed by atoms with Crippen molar-refractivity contribution in [1.82, 2.24) is 10.3 Å². The Morgan fingerprint density at radius 3 is 3.00 bits per heavy atom. The van der Waals surface area contributed by atoms with E-state index in [9.17, 15) is 4.79 Å². The molecule has 2 rings (SSSR count). The minimum atomic E-state index is -0.350. The summed E-state index contributed by atoms with van der Waals surface area (Å²) < 4.78 is 0. The van der Waals surface area contributed by atoms with E-state index in [1.807, 2.05) is 30.5 Å². The molecule has 2 aromatic rings. The first-order chi connectivity index (χ1) is 8.72. The highest BCUT2D eigenvalue weighted by molar-refractivity contribution is 6.37. The van der Waals surface area contributed by atoms with E-state index >= 15 is 0 Å². The fourth-order valence-corrected chi connectivity index (χ4v) is 1.82. The highest BCUT2D eigenvalue weighted by atomic mass is 16.4. The number of carbonyl (C=O) groups excluding carboxylic acids is 1. The van der Waals surface area contributed by atoms with E-state index in [1.165, 1.54) is 12.3 Å². The number of amides is 1. The third kappa shape index (κ3) is 2.51. The molecule has 0 aliphatic carbocycles. The lowest BCUT2D eigenvalue weighted by Gasteiger charge is -2.03. The zero-order chi connectivity index (χ0) is 13.0. The molecule has 1 aromatic carbocycles. The van der Waals surface area contributed by atoms with Gasteiger partial charge in [-0.2, -0.15) is 0 Å². The zero-order valence-corrected chi connectivity index (χ0v) is 10.1. The Labute approximate surface area is 105 Å². The van der Waals surface area contributed by atoms with Crippen LogP contribution in [-0.4, -0.2) is 28.4 Å². The number of benzene rings is 1. The molecule has 0 aliphatic rings. The molecule has 94 valence electrons.